The van der Waals surface area contributed by atoms with Gasteiger partial charge in [0.05, 0.1) is 6.04 Å². The highest BCUT2D eigenvalue weighted by atomic mass is 16.5. The molecule has 9 heteroatoms. The Morgan fingerprint density at radius 1 is 1.37 bits per heavy atom. The molecule has 3 aromatic rings. The number of nitrogens with zero attached hydrogens (tertiary/aromatic N) is 6. The minimum Gasteiger partial charge on any atom is -0.339 e. The third-order valence-corrected chi connectivity index (χ3v) is 4.41. The molecule has 0 radical (unpaired) electrons. The number of anilines is 1. The predicted octanol–water partition coefficient (Wildman–Crippen LogP) is 2.58. The number of amides is 1. The van der Waals surface area contributed by atoms with Gasteiger partial charge in [-0.25, -0.2) is 4.68 Å². The molecule has 0 spiro atoms. The van der Waals surface area contributed by atoms with E-state index in [1.54, 1.807) is 0 Å². The maximum atomic E-state index is 12.2. The quantitative estimate of drug-likeness (QED) is 0.651. The molecule has 1 aromatic carbocycles. The van der Waals surface area contributed by atoms with Gasteiger partial charge in [0.25, 0.3) is 0 Å². The summed E-state index contributed by atoms with van der Waals surface area (Å²) in [6.45, 7) is 1.97. The first-order valence-corrected chi connectivity index (χ1v) is 9.22. The van der Waals surface area contributed by atoms with Crippen LogP contribution in [-0.2, 0) is 17.6 Å². The summed E-state index contributed by atoms with van der Waals surface area (Å²) in [4.78, 5) is 16.5. The molecule has 2 heterocycles. The summed E-state index contributed by atoms with van der Waals surface area (Å²) < 4.78 is 6.99. The highest BCUT2D eigenvalue weighted by Crippen LogP contribution is 2.36. The zero-order valence-electron chi connectivity index (χ0n) is 15.1. The fourth-order valence-electron chi connectivity index (χ4n) is 2.84. The Hall–Kier alpha value is -3.10. The van der Waals surface area contributed by atoms with E-state index in [0.29, 0.717) is 37.0 Å². The van der Waals surface area contributed by atoms with Crippen molar-refractivity contribution in [2.75, 3.05) is 5.32 Å². The summed E-state index contributed by atoms with van der Waals surface area (Å²) in [5.41, 5.74) is 1.62. The Kier molecular flexibility index (Phi) is 4.91. The summed E-state index contributed by atoms with van der Waals surface area (Å²) >= 11 is 0. The second-order valence-corrected chi connectivity index (χ2v) is 6.62. The molecule has 4 rings (SSSR count). The van der Waals surface area contributed by atoms with Crippen LogP contribution in [0.1, 0.15) is 50.4 Å². The number of aromatic nitrogens is 6. The minimum absolute atomic E-state index is 0.0517. The van der Waals surface area contributed by atoms with E-state index >= 15 is 0 Å². The number of carbonyl (C=O) groups excluding carboxylic acids is 1. The molecule has 1 aliphatic rings. The molecule has 0 bridgehead atoms. The molecule has 0 atom stereocenters. The highest BCUT2D eigenvalue weighted by Gasteiger charge is 2.28. The molecule has 1 saturated carbocycles. The minimum atomic E-state index is -0.0517. The zero-order chi connectivity index (χ0) is 18.6. The van der Waals surface area contributed by atoms with Crippen LogP contribution in [0.15, 0.2) is 28.8 Å². The lowest BCUT2D eigenvalue weighted by Crippen LogP contribution is -2.11. The number of carbonyl (C=O) groups is 1. The molecule has 0 aliphatic heterocycles. The average Bonchev–Trinajstić information content (AvgIpc) is 3.22. The van der Waals surface area contributed by atoms with Gasteiger partial charge in [-0.3, -0.25) is 4.79 Å². The van der Waals surface area contributed by atoms with E-state index in [1.807, 2.05) is 35.9 Å². The van der Waals surface area contributed by atoms with Crippen molar-refractivity contribution in [2.24, 2.45) is 0 Å². The molecule has 9 nitrogen and oxygen atoms in total. The van der Waals surface area contributed by atoms with Crippen LogP contribution in [-0.4, -0.2) is 36.3 Å². The van der Waals surface area contributed by atoms with Crippen molar-refractivity contribution in [3.8, 4) is 11.4 Å². The van der Waals surface area contributed by atoms with Gasteiger partial charge in [0.15, 0.2) is 11.6 Å². The predicted molar refractivity (Wildman–Crippen MR) is 96.8 cm³/mol. The maximum Gasteiger partial charge on any atom is 0.226 e. The summed E-state index contributed by atoms with van der Waals surface area (Å²) in [5.74, 6) is 1.95. The molecule has 0 saturated heterocycles. The number of rotatable bonds is 8. The molecule has 1 fully saturated rings. The maximum absolute atomic E-state index is 12.2. The standard InChI is InChI=1S/C18H21N7O2/c1-2-15-20-17(27-22-15)8-4-7-16(26)19-13-6-3-5-12(11-13)18-21-23-24-25(18)14-9-10-14/h3,5-6,11,14H,2,4,7-10H2,1H3,(H,19,26). The van der Waals surface area contributed by atoms with Gasteiger partial charge in [0.2, 0.25) is 11.8 Å². The summed E-state index contributed by atoms with van der Waals surface area (Å²) in [5, 5.41) is 18.8. The molecule has 1 N–H and O–H groups in total. The van der Waals surface area contributed by atoms with Crippen molar-refractivity contribution < 1.29 is 9.32 Å². The Morgan fingerprint density at radius 3 is 3.04 bits per heavy atom. The number of benzene rings is 1. The first-order chi connectivity index (χ1) is 13.2. The van der Waals surface area contributed by atoms with Crippen LogP contribution in [0.5, 0.6) is 0 Å². The van der Waals surface area contributed by atoms with Crippen LogP contribution in [0.2, 0.25) is 0 Å². The average molecular weight is 367 g/mol. The fraction of sp³-hybridized carbons (Fsp3) is 0.444. The van der Waals surface area contributed by atoms with Gasteiger partial charge in [-0.2, -0.15) is 4.98 Å². The van der Waals surface area contributed by atoms with Crippen molar-refractivity contribution in [3.05, 3.63) is 36.0 Å². The highest BCUT2D eigenvalue weighted by molar-refractivity contribution is 5.91. The fourth-order valence-corrected chi connectivity index (χ4v) is 2.84. The van der Waals surface area contributed by atoms with Gasteiger partial charge < -0.3 is 9.84 Å². The van der Waals surface area contributed by atoms with Gasteiger partial charge in [-0.15, -0.1) is 5.10 Å². The Bertz CT molecular complexity index is 929. The smallest absolute Gasteiger partial charge is 0.226 e. The third-order valence-electron chi connectivity index (χ3n) is 4.41. The number of tetrazole rings is 1. The first kappa shape index (κ1) is 17.3. The van der Waals surface area contributed by atoms with Gasteiger partial charge >= 0.3 is 0 Å². The van der Waals surface area contributed by atoms with Crippen molar-refractivity contribution >= 4 is 11.6 Å². The Balaban J connectivity index is 1.33. The van der Waals surface area contributed by atoms with Crippen LogP contribution >= 0.6 is 0 Å². The third kappa shape index (κ3) is 4.18. The molecule has 2 aromatic heterocycles. The van der Waals surface area contributed by atoms with Gasteiger partial charge in [0, 0.05) is 30.5 Å². The van der Waals surface area contributed by atoms with Crippen molar-refractivity contribution in [2.45, 2.75) is 51.5 Å². The lowest BCUT2D eigenvalue weighted by molar-refractivity contribution is -0.116. The van der Waals surface area contributed by atoms with Gasteiger partial charge in [-0.05, 0) is 41.8 Å². The Morgan fingerprint density at radius 2 is 2.26 bits per heavy atom. The van der Waals surface area contributed by atoms with Crippen molar-refractivity contribution in [1.82, 2.24) is 30.3 Å². The topological polar surface area (TPSA) is 112 Å². The van der Waals surface area contributed by atoms with E-state index in [2.05, 4.69) is 31.0 Å². The molecule has 0 unspecified atom stereocenters. The van der Waals surface area contributed by atoms with Crippen LogP contribution in [0.3, 0.4) is 0 Å². The van der Waals surface area contributed by atoms with Crippen molar-refractivity contribution in [1.29, 1.82) is 0 Å². The van der Waals surface area contributed by atoms with Gasteiger partial charge in [-0.1, -0.05) is 24.2 Å². The number of nitrogens with one attached hydrogen (secondary N) is 1. The lowest BCUT2D eigenvalue weighted by Gasteiger charge is -2.07. The van der Waals surface area contributed by atoms with Crippen molar-refractivity contribution in [3.63, 3.8) is 0 Å². The lowest BCUT2D eigenvalue weighted by atomic mass is 10.1. The molecule has 1 aliphatic carbocycles. The SMILES string of the molecule is CCc1noc(CCCC(=O)Nc2cccc(-c3nnnn3C3CC3)c2)n1. The normalized spacial score (nSPS) is 13.7. The number of aryl methyl sites for hydroxylation is 2. The monoisotopic (exact) mass is 367 g/mol. The zero-order valence-corrected chi connectivity index (χ0v) is 15.1. The van der Waals surface area contributed by atoms with E-state index < -0.39 is 0 Å². The molecule has 27 heavy (non-hydrogen) atoms. The van der Waals surface area contributed by atoms with Crippen LogP contribution in [0, 0.1) is 0 Å². The molecule has 140 valence electrons. The van der Waals surface area contributed by atoms with E-state index in [0.717, 1.165) is 36.3 Å². The first-order valence-electron chi connectivity index (χ1n) is 9.22. The number of hydrogen-bond donors (Lipinski definition) is 1. The van der Waals surface area contributed by atoms with E-state index in [-0.39, 0.29) is 5.91 Å². The summed E-state index contributed by atoms with van der Waals surface area (Å²) in [7, 11) is 0. The summed E-state index contributed by atoms with van der Waals surface area (Å²) in [6, 6.07) is 7.99. The largest absolute Gasteiger partial charge is 0.339 e. The van der Waals surface area contributed by atoms with Crippen LogP contribution in [0.4, 0.5) is 5.69 Å². The van der Waals surface area contributed by atoms with Gasteiger partial charge in [0.1, 0.15) is 0 Å². The Labute approximate surface area is 156 Å². The van der Waals surface area contributed by atoms with Crippen LogP contribution in [0.25, 0.3) is 11.4 Å². The molecule has 1 amide bonds. The molecular weight excluding hydrogens is 346 g/mol. The van der Waals surface area contributed by atoms with Crippen LogP contribution < -0.4 is 5.32 Å². The second kappa shape index (κ2) is 7.65. The second-order valence-electron chi connectivity index (χ2n) is 6.62. The van der Waals surface area contributed by atoms with E-state index in [4.69, 9.17) is 4.52 Å². The summed E-state index contributed by atoms with van der Waals surface area (Å²) in [6.07, 6.45) is 4.58. The van der Waals surface area contributed by atoms with E-state index in [9.17, 15) is 4.79 Å². The molecular formula is C18H21N7O2. The number of hydrogen-bond acceptors (Lipinski definition) is 7. The van der Waals surface area contributed by atoms with E-state index in [1.165, 1.54) is 0 Å².